The quantitative estimate of drug-likeness (QED) is 0.695. The monoisotopic (exact) mass is 297 g/mol. The second-order valence-corrected chi connectivity index (χ2v) is 6.20. The van der Waals surface area contributed by atoms with Gasteiger partial charge in [0, 0.05) is 18.6 Å². The molecule has 0 spiro atoms. The van der Waals surface area contributed by atoms with Gasteiger partial charge >= 0.3 is 12.0 Å². The molecule has 2 aliphatic rings. The number of rotatable bonds is 6. The molecule has 2 unspecified atom stereocenters. The Morgan fingerprint density at radius 3 is 2.86 bits per heavy atom. The van der Waals surface area contributed by atoms with E-state index in [1.54, 1.807) is 0 Å². The number of carbonyl (C=O) groups excluding carboxylic acids is 1. The van der Waals surface area contributed by atoms with Crippen LogP contribution in [0.5, 0.6) is 0 Å². The number of nitrogens with one attached hydrogen (secondary N) is 2. The number of hydrogen-bond acceptors (Lipinski definition) is 3. The molecule has 6 heteroatoms. The van der Waals surface area contributed by atoms with Crippen LogP contribution >= 0.6 is 0 Å². The first-order valence-corrected chi connectivity index (χ1v) is 8.14. The Bertz CT molecular complexity index is 375. The molecule has 2 saturated heterocycles. The molecule has 0 aliphatic carbocycles. The molecule has 2 amide bonds. The van der Waals surface area contributed by atoms with Crippen molar-refractivity contribution in [3.63, 3.8) is 0 Å². The van der Waals surface area contributed by atoms with E-state index in [9.17, 15) is 9.59 Å². The van der Waals surface area contributed by atoms with Crippen LogP contribution in [-0.2, 0) is 4.79 Å². The van der Waals surface area contributed by atoms with Crippen molar-refractivity contribution in [3.8, 4) is 0 Å². The number of amides is 2. The summed E-state index contributed by atoms with van der Waals surface area (Å²) in [5, 5.41) is 14.7. The van der Waals surface area contributed by atoms with E-state index in [1.165, 1.54) is 19.4 Å². The van der Waals surface area contributed by atoms with Crippen LogP contribution < -0.4 is 10.6 Å². The lowest BCUT2D eigenvalue weighted by Gasteiger charge is -2.35. The first kappa shape index (κ1) is 16.1. The predicted octanol–water partition coefficient (Wildman–Crippen LogP) is 1.56. The second-order valence-electron chi connectivity index (χ2n) is 6.20. The van der Waals surface area contributed by atoms with Gasteiger partial charge in [-0.1, -0.05) is 19.8 Å². The minimum absolute atomic E-state index is 0.171. The normalized spacial score (nSPS) is 26.9. The van der Waals surface area contributed by atoms with Gasteiger partial charge in [0.25, 0.3) is 0 Å². The van der Waals surface area contributed by atoms with E-state index in [1.807, 2.05) is 6.92 Å². The number of urea groups is 1. The third-order valence-corrected chi connectivity index (χ3v) is 4.61. The third-order valence-electron chi connectivity index (χ3n) is 4.61. The van der Waals surface area contributed by atoms with Crippen molar-refractivity contribution in [1.82, 2.24) is 15.5 Å². The van der Waals surface area contributed by atoms with Crippen LogP contribution in [0.25, 0.3) is 0 Å². The van der Waals surface area contributed by atoms with Crippen LogP contribution in [0, 0.1) is 0 Å². The summed E-state index contributed by atoms with van der Waals surface area (Å²) in [5.41, 5.74) is 0. The first-order valence-electron chi connectivity index (χ1n) is 8.14. The maximum Gasteiger partial charge on any atom is 0.326 e. The van der Waals surface area contributed by atoms with Gasteiger partial charge in [0.05, 0.1) is 0 Å². The lowest BCUT2D eigenvalue weighted by molar-refractivity contribution is -0.139. The molecule has 0 saturated carbocycles. The molecule has 0 aromatic rings. The van der Waals surface area contributed by atoms with E-state index in [0.717, 1.165) is 32.2 Å². The zero-order valence-corrected chi connectivity index (χ0v) is 12.8. The third kappa shape index (κ3) is 4.59. The Morgan fingerprint density at radius 2 is 2.14 bits per heavy atom. The molecule has 2 heterocycles. The summed E-state index contributed by atoms with van der Waals surface area (Å²) in [4.78, 5) is 25.6. The number of piperidine rings is 1. The van der Waals surface area contributed by atoms with E-state index < -0.39 is 12.0 Å². The van der Waals surface area contributed by atoms with E-state index in [0.29, 0.717) is 12.5 Å². The standard InChI is InChI=1S/C15H27N3O3/c1-2-3-6-13(14(19)20)17-15(21)16-11-7-9-18-8-4-5-12(18)10-11/h11-13H,2-10H2,1H3,(H,19,20)(H2,16,17,21)/t11?,12?,13-/m0/s1. The minimum Gasteiger partial charge on any atom is -0.480 e. The highest BCUT2D eigenvalue weighted by Crippen LogP contribution is 2.26. The number of unbranched alkanes of at least 4 members (excludes halogenated alkanes) is 1. The zero-order chi connectivity index (χ0) is 15.2. The van der Waals surface area contributed by atoms with Crippen molar-refractivity contribution in [3.05, 3.63) is 0 Å². The largest absolute Gasteiger partial charge is 0.480 e. The summed E-state index contributed by atoms with van der Waals surface area (Å²) in [6.07, 6.45) is 6.62. The van der Waals surface area contributed by atoms with Crippen LogP contribution in [0.2, 0.25) is 0 Å². The molecule has 0 bridgehead atoms. The number of fused-ring (bicyclic) bond motifs is 1. The van der Waals surface area contributed by atoms with Crippen molar-refractivity contribution in [1.29, 1.82) is 0 Å². The fraction of sp³-hybridized carbons (Fsp3) is 0.867. The van der Waals surface area contributed by atoms with Crippen molar-refractivity contribution in [2.24, 2.45) is 0 Å². The molecule has 3 N–H and O–H groups in total. The van der Waals surface area contributed by atoms with Gasteiger partial charge in [-0.3, -0.25) is 0 Å². The fourth-order valence-corrected chi connectivity index (χ4v) is 3.41. The molecule has 120 valence electrons. The van der Waals surface area contributed by atoms with E-state index in [-0.39, 0.29) is 12.1 Å². The average Bonchev–Trinajstić information content (AvgIpc) is 2.90. The summed E-state index contributed by atoms with van der Waals surface area (Å²) in [6.45, 7) is 4.23. The highest BCUT2D eigenvalue weighted by molar-refractivity contribution is 5.82. The summed E-state index contributed by atoms with van der Waals surface area (Å²) in [7, 11) is 0. The van der Waals surface area contributed by atoms with Gasteiger partial charge in [0.1, 0.15) is 6.04 Å². The van der Waals surface area contributed by atoms with Gasteiger partial charge in [-0.15, -0.1) is 0 Å². The number of nitrogens with zero attached hydrogens (tertiary/aromatic N) is 1. The van der Waals surface area contributed by atoms with E-state index >= 15 is 0 Å². The topological polar surface area (TPSA) is 81.7 Å². The Hall–Kier alpha value is -1.30. The van der Waals surface area contributed by atoms with E-state index in [2.05, 4.69) is 15.5 Å². The lowest BCUT2D eigenvalue weighted by Crippen LogP contribution is -2.52. The number of hydrogen-bond donors (Lipinski definition) is 3. The highest BCUT2D eigenvalue weighted by atomic mass is 16.4. The summed E-state index contributed by atoms with van der Waals surface area (Å²) >= 11 is 0. The van der Waals surface area contributed by atoms with Crippen LogP contribution in [0.3, 0.4) is 0 Å². The Kier molecular flexibility index (Phi) is 5.85. The molecule has 6 nitrogen and oxygen atoms in total. The number of carbonyl (C=O) groups is 2. The molecular formula is C15H27N3O3. The summed E-state index contributed by atoms with van der Waals surface area (Å²) < 4.78 is 0. The maximum absolute atomic E-state index is 12.0. The molecule has 21 heavy (non-hydrogen) atoms. The van der Waals surface area contributed by atoms with Crippen molar-refractivity contribution in [2.75, 3.05) is 13.1 Å². The zero-order valence-electron chi connectivity index (χ0n) is 12.8. The maximum atomic E-state index is 12.0. The van der Waals surface area contributed by atoms with E-state index in [4.69, 9.17) is 5.11 Å². The van der Waals surface area contributed by atoms with Crippen molar-refractivity contribution in [2.45, 2.75) is 70.0 Å². The van der Waals surface area contributed by atoms with Crippen molar-refractivity contribution < 1.29 is 14.7 Å². The summed E-state index contributed by atoms with van der Waals surface area (Å²) in [5.74, 6) is -0.954. The Balaban J connectivity index is 1.76. The fourth-order valence-electron chi connectivity index (χ4n) is 3.41. The molecule has 3 atom stereocenters. The van der Waals surface area contributed by atoms with Gasteiger partial charge in [-0.2, -0.15) is 0 Å². The van der Waals surface area contributed by atoms with Gasteiger partial charge in [-0.25, -0.2) is 9.59 Å². The highest BCUT2D eigenvalue weighted by Gasteiger charge is 2.32. The van der Waals surface area contributed by atoms with Gasteiger partial charge in [-0.05, 0) is 38.6 Å². The van der Waals surface area contributed by atoms with Gasteiger partial charge in [0.2, 0.25) is 0 Å². The number of carboxylic acid groups (broad SMARTS) is 1. The average molecular weight is 297 g/mol. The smallest absolute Gasteiger partial charge is 0.326 e. The van der Waals surface area contributed by atoms with Crippen LogP contribution in [0.4, 0.5) is 4.79 Å². The first-order chi connectivity index (χ1) is 10.1. The molecule has 0 aromatic carbocycles. The minimum atomic E-state index is -0.954. The Labute approximate surface area is 126 Å². The second kappa shape index (κ2) is 7.64. The number of aliphatic carboxylic acids is 1. The van der Waals surface area contributed by atoms with Gasteiger partial charge < -0.3 is 20.6 Å². The van der Waals surface area contributed by atoms with Crippen LogP contribution in [0.1, 0.15) is 51.9 Å². The molecule has 0 radical (unpaired) electrons. The molecule has 0 aromatic heterocycles. The summed E-state index contributed by atoms with van der Waals surface area (Å²) in [6, 6.07) is -0.351. The number of carboxylic acids is 1. The molecule has 2 fully saturated rings. The SMILES string of the molecule is CCCC[C@H](NC(=O)NC1CCN2CCCC2C1)C(=O)O. The predicted molar refractivity (Wildman–Crippen MR) is 80.2 cm³/mol. The van der Waals surface area contributed by atoms with Crippen LogP contribution in [-0.4, -0.2) is 53.2 Å². The lowest BCUT2D eigenvalue weighted by atomic mass is 9.98. The van der Waals surface area contributed by atoms with Crippen molar-refractivity contribution >= 4 is 12.0 Å². The van der Waals surface area contributed by atoms with Crippen LogP contribution in [0.15, 0.2) is 0 Å². The molecule has 2 aliphatic heterocycles. The Morgan fingerprint density at radius 1 is 1.33 bits per heavy atom. The molecular weight excluding hydrogens is 270 g/mol. The molecule has 2 rings (SSSR count). The van der Waals surface area contributed by atoms with Gasteiger partial charge in [0.15, 0.2) is 0 Å².